The van der Waals surface area contributed by atoms with Crippen molar-refractivity contribution in [1.82, 2.24) is 10.2 Å². The number of benzene rings is 1. The van der Waals surface area contributed by atoms with Gasteiger partial charge in [0.05, 0.1) is 10.9 Å². The van der Waals surface area contributed by atoms with Crippen LogP contribution < -0.4 is 10.6 Å². The van der Waals surface area contributed by atoms with Crippen LogP contribution in [0.2, 0.25) is 0 Å². The molecule has 154 valence electrons. The maximum Gasteiger partial charge on any atom is 0.263 e. The fraction of sp³-hybridized carbons (Fsp3) is 0.409. The second-order valence-electron chi connectivity index (χ2n) is 7.30. The van der Waals surface area contributed by atoms with Gasteiger partial charge in [-0.2, -0.15) is 0 Å². The number of piperidine rings is 1. The third kappa shape index (κ3) is 5.44. The van der Waals surface area contributed by atoms with E-state index in [1.807, 2.05) is 60.5 Å². The first-order chi connectivity index (χ1) is 14.0. The highest BCUT2D eigenvalue weighted by Gasteiger charge is 2.28. The summed E-state index contributed by atoms with van der Waals surface area (Å²) in [7, 11) is 0. The molecule has 7 heteroatoms. The summed E-state index contributed by atoms with van der Waals surface area (Å²) < 4.78 is 0. The van der Waals surface area contributed by atoms with Gasteiger partial charge < -0.3 is 15.5 Å². The molecule has 1 fully saturated rings. The molecule has 1 aromatic carbocycles. The van der Waals surface area contributed by atoms with Crippen molar-refractivity contribution < 1.29 is 14.4 Å². The van der Waals surface area contributed by atoms with Gasteiger partial charge >= 0.3 is 0 Å². The van der Waals surface area contributed by atoms with E-state index in [0.29, 0.717) is 32.4 Å². The Morgan fingerprint density at radius 1 is 1.14 bits per heavy atom. The van der Waals surface area contributed by atoms with E-state index in [4.69, 9.17) is 0 Å². The molecule has 6 nitrogen and oxygen atoms in total. The van der Waals surface area contributed by atoms with Crippen molar-refractivity contribution in [2.75, 3.05) is 18.4 Å². The van der Waals surface area contributed by atoms with Gasteiger partial charge in [0.25, 0.3) is 5.91 Å². The lowest BCUT2D eigenvalue weighted by Crippen LogP contribution is -2.43. The molecule has 2 N–H and O–H groups in total. The highest BCUT2D eigenvalue weighted by Crippen LogP contribution is 2.23. The molecule has 1 aliphatic rings. The zero-order valence-electron chi connectivity index (χ0n) is 16.8. The Labute approximate surface area is 175 Å². The molecule has 3 amide bonds. The molecule has 0 saturated carbocycles. The molecule has 0 spiro atoms. The van der Waals surface area contributed by atoms with Crippen LogP contribution in [0.25, 0.3) is 0 Å². The highest BCUT2D eigenvalue weighted by atomic mass is 32.1. The molecule has 0 radical (unpaired) electrons. The highest BCUT2D eigenvalue weighted by molar-refractivity contribution is 7.12. The Morgan fingerprint density at radius 2 is 1.83 bits per heavy atom. The quantitative estimate of drug-likeness (QED) is 0.756. The number of rotatable bonds is 6. The van der Waals surface area contributed by atoms with Gasteiger partial charge in [0.1, 0.15) is 0 Å². The second kappa shape index (κ2) is 9.69. The summed E-state index contributed by atoms with van der Waals surface area (Å²) in [6.07, 6.45) is 1.79. The van der Waals surface area contributed by atoms with Gasteiger partial charge in [-0.1, -0.05) is 25.1 Å². The van der Waals surface area contributed by atoms with Crippen LogP contribution in [-0.4, -0.2) is 35.7 Å². The summed E-state index contributed by atoms with van der Waals surface area (Å²) in [5, 5.41) is 7.80. The van der Waals surface area contributed by atoms with E-state index in [1.165, 1.54) is 11.3 Å². The first-order valence-corrected chi connectivity index (χ1v) is 10.9. The molecule has 2 heterocycles. The number of thiophene rings is 1. The fourth-order valence-corrected chi connectivity index (χ4v) is 4.11. The van der Waals surface area contributed by atoms with Crippen LogP contribution in [0.5, 0.6) is 0 Å². The number of amides is 3. The normalized spacial score (nSPS) is 15.6. The van der Waals surface area contributed by atoms with Crippen LogP contribution in [0.15, 0.2) is 41.8 Å². The monoisotopic (exact) mass is 413 g/mol. The Hall–Kier alpha value is -2.67. The largest absolute Gasteiger partial charge is 0.349 e. The van der Waals surface area contributed by atoms with Crippen LogP contribution >= 0.6 is 11.3 Å². The van der Waals surface area contributed by atoms with Crippen LogP contribution in [0, 0.1) is 5.92 Å². The molecule has 29 heavy (non-hydrogen) atoms. The molecular weight excluding hydrogens is 386 g/mol. The summed E-state index contributed by atoms with van der Waals surface area (Å²) in [5.74, 6) is -0.0116. The molecule has 1 aromatic heterocycles. The zero-order chi connectivity index (χ0) is 20.8. The predicted molar refractivity (Wildman–Crippen MR) is 115 cm³/mol. The van der Waals surface area contributed by atoms with E-state index >= 15 is 0 Å². The number of nitrogens with one attached hydrogen (secondary N) is 2. The van der Waals surface area contributed by atoms with Crippen molar-refractivity contribution in [1.29, 1.82) is 0 Å². The minimum Gasteiger partial charge on any atom is -0.349 e. The van der Waals surface area contributed by atoms with Gasteiger partial charge in [-0.05, 0) is 48.9 Å². The van der Waals surface area contributed by atoms with E-state index in [9.17, 15) is 14.4 Å². The van der Waals surface area contributed by atoms with Crippen LogP contribution in [-0.2, 0) is 9.59 Å². The predicted octanol–water partition coefficient (Wildman–Crippen LogP) is 3.83. The molecule has 0 bridgehead atoms. The average Bonchev–Trinajstić information content (AvgIpc) is 3.28. The third-order valence-electron chi connectivity index (χ3n) is 5.26. The number of hydrogen-bond donors (Lipinski definition) is 2. The first kappa shape index (κ1) is 21.0. The molecular formula is C22H27N3O3S. The van der Waals surface area contributed by atoms with Gasteiger partial charge in [-0.15, -0.1) is 11.3 Å². The maximum atomic E-state index is 12.7. The van der Waals surface area contributed by atoms with Crippen molar-refractivity contribution in [3.63, 3.8) is 0 Å². The SMILES string of the molecule is CCC(=O)Nc1ccc(C(C)NC(=O)C2CCN(C(=O)c3cccs3)CC2)cc1. The van der Waals surface area contributed by atoms with Crippen molar-refractivity contribution in [2.24, 2.45) is 5.92 Å². The van der Waals surface area contributed by atoms with Gasteiger partial charge in [0.15, 0.2) is 0 Å². The third-order valence-corrected chi connectivity index (χ3v) is 6.12. The number of hydrogen-bond acceptors (Lipinski definition) is 4. The second-order valence-corrected chi connectivity index (χ2v) is 8.25. The maximum absolute atomic E-state index is 12.7. The van der Waals surface area contributed by atoms with Crippen molar-refractivity contribution in [2.45, 2.75) is 39.2 Å². The van der Waals surface area contributed by atoms with E-state index in [2.05, 4.69) is 10.6 Å². The molecule has 1 saturated heterocycles. The lowest BCUT2D eigenvalue weighted by Gasteiger charge is -2.31. The summed E-state index contributed by atoms with van der Waals surface area (Å²) in [4.78, 5) is 39.1. The Balaban J connectivity index is 1.49. The fourth-order valence-electron chi connectivity index (χ4n) is 3.42. The summed E-state index contributed by atoms with van der Waals surface area (Å²) in [6, 6.07) is 11.1. The van der Waals surface area contributed by atoms with Crippen molar-refractivity contribution >= 4 is 34.7 Å². The molecule has 2 aromatic rings. The van der Waals surface area contributed by atoms with Gasteiger partial charge in [-0.3, -0.25) is 14.4 Å². The minimum absolute atomic E-state index is 0.0250. The van der Waals surface area contributed by atoms with E-state index in [-0.39, 0.29) is 29.7 Å². The van der Waals surface area contributed by atoms with Crippen molar-refractivity contribution in [3.8, 4) is 0 Å². The number of anilines is 1. The van der Waals surface area contributed by atoms with Gasteiger partial charge in [0, 0.05) is 31.1 Å². The van der Waals surface area contributed by atoms with Gasteiger partial charge in [-0.25, -0.2) is 0 Å². The Bertz CT molecular complexity index is 841. The zero-order valence-corrected chi connectivity index (χ0v) is 17.6. The lowest BCUT2D eigenvalue weighted by atomic mass is 9.95. The molecule has 1 aliphatic heterocycles. The van der Waals surface area contributed by atoms with E-state index in [0.717, 1.165) is 16.1 Å². The van der Waals surface area contributed by atoms with Gasteiger partial charge in [0.2, 0.25) is 11.8 Å². The topological polar surface area (TPSA) is 78.5 Å². The number of nitrogens with zero attached hydrogens (tertiary/aromatic N) is 1. The summed E-state index contributed by atoms with van der Waals surface area (Å²) >= 11 is 1.45. The summed E-state index contributed by atoms with van der Waals surface area (Å²) in [5.41, 5.74) is 1.74. The van der Waals surface area contributed by atoms with Crippen LogP contribution in [0.3, 0.4) is 0 Å². The number of carbonyl (C=O) groups excluding carboxylic acids is 3. The molecule has 3 rings (SSSR count). The standard InChI is InChI=1S/C22H27N3O3S/c1-3-20(26)24-18-8-6-16(7-9-18)15(2)23-21(27)17-10-12-25(13-11-17)22(28)19-5-4-14-29-19/h4-9,14-15,17H,3,10-13H2,1-2H3,(H,23,27)(H,24,26). The van der Waals surface area contributed by atoms with E-state index < -0.39 is 0 Å². The molecule has 0 aliphatic carbocycles. The van der Waals surface area contributed by atoms with E-state index in [1.54, 1.807) is 0 Å². The smallest absolute Gasteiger partial charge is 0.263 e. The molecule has 1 atom stereocenters. The lowest BCUT2D eigenvalue weighted by molar-refractivity contribution is -0.127. The Kier molecular flexibility index (Phi) is 7.04. The average molecular weight is 414 g/mol. The van der Waals surface area contributed by atoms with Crippen LogP contribution in [0.1, 0.15) is 54.4 Å². The first-order valence-electron chi connectivity index (χ1n) is 10.0. The summed E-state index contributed by atoms with van der Waals surface area (Å²) in [6.45, 7) is 4.97. The van der Waals surface area contributed by atoms with Crippen LogP contribution in [0.4, 0.5) is 5.69 Å². The number of carbonyl (C=O) groups is 3. The minimum atomic E-state index is -0.121. The Morgan fingerprint density at radius 3 is 2.41 bits per heavy atom. The van der Waals surface area contributed by atoms with Crippen molar-refractivity contribution in [3.05, 3.63) is 52.2 Å². The molecule has 1 unspecified atom stereocenters. The number of likely N-dealkylation sites (tertiary alicyclic amines) is 1.